The smallest absolute Gasteiger partial charge is 0.199 e. The van der Waals surface area contributed by atoms with Crippen LogP contribution in [0.1, 0.15) is 34.3 Å². The lowest BCUT2D eigenvalue weighted by Gasteiger charge is -2.13. The molecule has 1 aliphatic rings. The molecule has 2 aromatic heterocycles. The number of rotatable bonds is 8. The average molecular weight is 446 g/mol. The van der Waals surface area contributed by atoms with E-state index in [0.717, 1.165) is 6.42 Å². The Morgan fingerprint density at radius 2 is 2.32 bits per heavy atom. The Bertz CT molecular complexity index is 1050. The van der Waals surface area contributed by atoms with Crippen molar-refractivity contribution in [2.75, 3.05) is 25.1 Å². The minimum atomic E-state index is -1.12. The first-order valence-electron chi connectivity index (χ1n) is 9.79. The predicted octanol–water partition coefficient (Wildman–Crippen LogP) is 3.95. The van der Waals surface area contributed by atoms with E-state index in [9.17, 15) is 9.90 Å². The van der Waals surface area contributed by atoms with Gasteiger partial charge in [0.15, 0.2) is 23.6 Å². The second kappa shape index (κ2) is 9.47. The summed E-state index contributed by atoms with van der Waals surface area (Å²) in [6, 6.07) is 7.75. The molecule has 3 N–H and O–H groups in total. The number of hydrogen-bond donors (Lipinski definition) is 3. The van der Waals surface area contributed by atoms with Gasteiger partial charge in [0.1, 0.15) is 0 Å². The maximum Gasteiger partial charge on any atom is 0.199 e. The molecule has 1 unspecified atom stereocenters. The predicted molar refractivity (Wildman–Crippen MR) is 113 cm³/mol. The summed E-state index contributed by atoms with van der Waals surface area (Å²) < 4.78 is 25.9. The van der Waals surface area contributed by atoms with E-state index < -0.39 is 17.8 Å². The van der Waals surface area contributed by atoms with Gasteiger partial charge in [0.25, 0.3) is 0 Å². The Balaban J connectivity index is 1.50. The lowest BCUT2D eigenvalue weighted by molar-refractivity contribution is 0.103. The number of aromatic nitrogens is 2. The van der Waals surface area contributed by atoms with Crippen molar-refractivity contribution in [1.82, 2.24) is 9.97 Å². The first kappa shape index (κ1) is 21.3. The minimum Gasteiger partial charge on any atom is -0.490 e. The van der Waals surface area contributed by atoms with Gasteiger partial charge in [-0.2, -0.15) is 0 Å². The summed E-state index contributed by atoms with van der Waals surface area (Å²) in [6.07, 6.45) is 4.29. The van der Waals surface area contributed by atoms with E-state index in [4.69, 9.17) is 21.1 Å². The van der Waals surface area contributed by atoms with E-state index in [1.807, 2.05) is 0 Å². The lowest BCUT2D eigenvalue weighted by atomic mass is 10.0. The summed E-state index contributed by atoms with van der Waals surface area (Å²) in [7, 11) is 0. The summed E-state index contributed by atoms with van der Waals surface area (Å²) in [5.41, 5.74) is 0.813. The number of nitrogens with zero attached hydrogens (tertiary/aromatic N) is 1. The van der Waals surface area contributed by atoms with Gasteiger partial charge >= 0.3 is 0 Å². The van der Waals surface area contributed by atoms with E-state index >= 15 is 4.39 Å². The molecule has 31 heavy (non-hydrogen) atoms. The first-order chi connectivity index (χ1) is 15.0. The normalized spacial score (nSPS) is 16.8. The maximum atomic E-state index is 15.1. The third kappa shape index (κ3) is 4.87. The van der Waals surface area contributed by atoms with Gasteiger partial charge in [-0.1, -0.05) is 11.6 Å². The third-order valence-corrected chi connectivity index (χ3v) is 5.32. The molecule has 3 heterocycles. The van der Waals surface area contributed by atoms with Crippen LogP contribution >= 0.6 is 11.6 Å². The quantitative estimate of drug-likeness (QED) is 0.359. The Morgan fingerprint density at radius 1 is 1.45 bits per heavy atom. The van der Waals surface area contributed by atoms with E-state index in [2.05, 4.69) is 15.3 Å². The summed E-state index contributed by atoms with van der Waals surface area (Å²) in [4.78, 5) is 19.7. The van der Waals surface area contributed by atoms with Crippen molar-refractivity contribution in [3.8, 4) is 5.75 Å². The largest absolute Gasteiger partial charge is 0.490 e. The molecule has 1 saturated heterocycles. The van der Waals surface area contributed by atoms with Crippen LogP contribution < -0.4 is 10.1 Å². The van der Waals surface area contributed by atoms with Crippen molar-refractivity contribution in [2.45, 2.75) is 12.6 Å². The second-order valence-corrected chi connectivity index (χ2v) is 7.64. The van der Waals surface area contributed by atoms with Gasteiger partial charge in [-0.3, -0.25) is 9.78 Å². The van der Waals surface area contributed by atoms with Crippen LogP contribution in [-0.2, 0) is 4.74 Å². The van der Waals surface area contributed by atoms with E-state index in [1.165, 1.54) is 24.4 Å². The number of aliphatic hydroxyl groups excluding tert-OH is 1. The standard InChI is InChI=1S/C22H21ClFN3O4/c23-16-3-4-18(31-12-13-5-7-30-11-13)20(24)19(16)21(28)14-8-17(26-9-14)22(29)27-15-2-1-6-25-10-15/h1-4,6,8-10,13,22,26-27,29H,5,7,11-12H2/t13?,22-/m0/s1. The number of aromatic amines is 1. The monoisotopic (exact) mass is 445 g/mol. The van der Waals surface area contributed by atoms with Crippen molar-refractivity contribution in [2.24, 2.45) is 5.92 Å². The summed E-state index contributed by atoms with van der Waals surface area (Å²) in [6.45, 7) is 1.54. The number of aliphatic hydroxyl groups is 1. The number of anilines is 1. The number of carbonyl (C=O) groups excluding carboxylic acids is 1. The van der Waals surface area contributed by atoms with Crippen LogP contribution in [0.3, 0.4) is 0 Å². The molecule has 0 saturated carbocycles. The van der Waals surface area contributed by atoms with Crippen molar-refractivity contribution in [3.63, 3.8) is 0 Å². The van der Waals surface area contributed by atoms with Crippen molar-refractivity contribution < 1.29 is 23.8 Å². The SMILES string of the molecule is O=C(c1c[nH]c([C@H](O)Nc2cccnc2)c1)c1c(Cl)ccc(OCC2CCOC2)c1F. The number of ether oxygens (including phenoxy) is 2. The number of benzene rings is 1. The Morgan fingerprint density at radius 3 is 3.06 bits per heavy atom. The zero-order chi connectivity index (χ0) is 21.8. The summed E-state index contributed by atoms with van der Waals surface area (Å²) in [5, 5.41) is 13.2. The number of pyridine rings is 1. The summed E-state index contributed by atoms with van der Waals surface area (Å²) >= 11 is 6.13. The molecule has 0 spiro atoms. The Labute approximate surface area is 183 Å². The molecule has 1 aromatic carbocycles. The Kier molecular flexibility index (Phi) is 6.50. The zero-order valence-corrected chi connectivity index (χ0v) is 17.2. The van der Waals surface area contributed by atoms with Gasteiger partial charge in [0.2, 0.25) is 0 Å². The fourth-order valence-corrected chi connectivity index (χ4v) is 3.54. The highest BCUT2D eigenvalue weighted by Crippen LogP contribution is 2.30. The average Bonchev–Trinajstić information content (AvgIpc) is 3.46. The van der Waals surface area contributed by atoms with Crippen molar-refractivity contribution in [1.29, 1.82) is 0 Å². The molecule has 1 aliphatic heterocycles. The van der Waals surface area contributed by atoms with Crippen LogP contribution in [0, 0.1) is 11.7 Å². The number of nitrogens with one attached hydrogen (secondary N) is 2. The molecular formula is C22H21ClFN3O4. The van der Waals surface area contributed by atoms with Gasteiger partial charge in [0, 0.05) is 30.5 Å². The van der Waals surface area contributed by atoms with Crippen LogP contribution in [0.15, 0.2) is 48.9 Å². The summed E-state index contributed by atoms with van der Waals surface area (Å²) in [5.74, 6) is -1.27. The van der Waals surface area contributed by atoms with E-state index in [1.54, 1.807) is 24.5 Å². The fourth-order valence-electron chi connectivity index (χ4n) is 3.30. The van der Waals surface area contributed by atoms with Gasteiger partial charge in [-0.15, -0.1) is 0 Å². The third-order valence-electron chi connectivity index (χ3n) is 5.01. The molecule has 162 valence electrons. The molecule has 0 amide bonds. The highest BCUT2D eigenvalue weighted by atomic mass is 35.5. The van der Waals surface area contributed by atoms with Crippen LogP contribution in [0.2, 0.25) is 5.02 Å². The highest BCUT2D eigenvalue weighted by Gasteiger charge is 2.24. The van der Waals surface area contributed by atoms with Crippen LogP contribution in [-0.4, -0.2) is 40.7 Å². The molecule has 9 heteroatoms. The van der Waals surface area contributed by atoms with Gasteiger partial charge < -0.3 is 24.9 Å². The molecular weight excluding hydrogens is 425 g/mol. The topological polar surface area (TPSA) is 96.5 Å². The number of carbonyl (C=O) groups is 1. The Hall–Kier alpha value is -2.94. The van der Waals surface area contributed by atoms with Crippen molar-refractivity contribution in [3.05, 3.63) is 76.6 Å². The van der Waals surface area contributed by atoms with Crippen LogP contribution in [0.5, 0.6) is 5.75 Å². The van der Waals surface area contributed by atoms with Gasteiger partial charge in [0.05, 0.1) is 41.4 Å². The molecule has 3 aromatic rings. The lowest BCUT2D eigenvalue weighted by Crippen LogP contribution is -2.13. The van der Waals surface area contributed by atoms with Gasteiger partial charge in [-0.25, -0.2) is 4.39 Å². The number of halogens is 2. The fraction of sp³-hybridized carbons (Fsp3) is 0.273. The first-order valence-corrected chi connectivity index (χ1v) is 10.2. The number of H-pyrrole nitrogens is 1. The maximum absolute atomic E-state index is 15.1. The van der Waals surface area contributed by atoms with Gasteiger partial charge in [-0.05, 0) is 36.8 Å². The van der Waals surface area contributed by atoms with E-state index in [0.29, 0.717) is 31.2 Å². The van der Waals surface area contributed by atoms with E-state index in [-0.39, 0.29) is 27.8 Å². The zero-order valence-electron chi connectivity index (χ0n) is 16.5. The molecule has 0 radical (unpaired) electrons. The second-order valence-electron chi connectivity index (χ2n) is 7.24. The molecule has 4 rings (SSSR count). The molecule has 1 fully saturated rings. The molecule has 0 bridgehead atoms. The number of hydrogen-bond acceptors (Lipinski definition) is 6. The molecule has 0 aliphatic carbocycles. The van der Waals surface area contributed by atoms with Crippen LogP contribution in [0.4, 0.5) is 10.1 Å². The highest BCUT2D eigenvalue weighted by molar-refractivity contribution is 6.35. The van der Waals surface area contributed by atoms with Crippen LogP contribution in [0.25, 0.3) is 0 Å². The van der Waals surface area contributed by atoms with Crippen molar-refractivity contribution >= 4 is 23.1 Å². The minimum absolute atomic E-state index is 0.0177. The molecule has 7 nitrogen and oxygen atoms in total. The molecule has 2 atom stereocenters. The number of ketones is 1.